The minimum absolute atomic E-state index is 0.0234. The second-order valence-electron chi connectivity index (χ2n) is 7.19. The summed E-state index contributed by atoms with van der Waals surface area (Å²) < 4.78 is 10.4. The molecule has 3 aromatic rings. The van der Waals surface area contributed by atoms with Gasteiger partial charge < -0.3 is 14.4 Å². The predicted octanol–water partition coefficient (Wildman–Crippen LogP) is 3.58. The van der Waals surface area contributed by atoms with E-state index in [1.165, 1.54) is 12.1 Å². The number of carbonyl (C=O) groups is 1. The highest BCUT2D eigenvalue weighted by molar-refractivity contribution is 6.00. The van der Waals surface area contributed by atoms with Gasteiger partial charge in [0.05, 0.1) is 23.8 Å². The molecule has 0 aliphatic carbocycles. The first-order valence-electron chi connectivity index (χ1n) is 9.82. The quantitative estimate of drug-likeness (QED) is 0.337. The number of nitrogens with one attached hydrogen (secondary N) is 1. The standard InChI is InChI=1S/C22H22N4O5/c1-30-12-4-11-25-21(15-5-3-6-16(13-15)26(28)29)18-19(23-24-20(18)22(25)27)14-7-9-17(31-2)10-8-14/h3,5-10,13,21H,4,11-12H2,1-2H3,(H,23,24). The number of methoxy groups -OCH3 is 2. The number of H-pyrrole nitrogens is 1. The number of nitro groups is 1. The minimum atomic E-state index is -0.491. The maximum atomic E-state index is 13.2. The summed E-state index contributed by atoms with van der Waals surface area (Å²) in [6, 6.07) is 13.3. The van der Waals surface area contributed by atoms with Gasteiger partial charge >= 0.3 is 0 Å². The normalized spacial score (nSPS) is 15.2. The van der Waals surface area contributed by atoms with Crippen LogP contribution < -0.4 is 4.74 Å². The summed E-state index contributed by atoms with van der Waals surface area (Å²) in [4.78, 5) is 25.8. The Hall–Kier alpha value is -3.72. The Balaban J connectivity index is 1.82. The van der Waals surface area contributed by atoms with Crippen LogP contribution >= 0.6 is 0 Å². The molecule has 1 amide bonds. The molecule has 0 bridgehead atoms. The Morgan fingerprint density at radius 1 is 1.19 bits per heavy atom. The summed E-state index contributed by atoms with van der Waals surface area (Å²) in [5, 5.41) is 18.6. The van der Waals surface area contributed by atoms with Crippen molar-refractivity contribution in [2.45, 2.75) is 12.5 Å². The fraction of sp³-hybridized carbons (Fsp3) is 0.273. The molecule has 1 aliphatic rings. The zero-order valence-corrected chi connectivity index (χ0v) is 17.2. The molecule has 31 heavy (non-hydrogen) atoms. The van der Waals surface area contributed by atoms with Gasteiger partial charge in [0, 0.05) is 43.5 Å². The number of rotatable bonds is 8. The van der Waals surface area contributed by atoms with Gasteiger partial charge in [0.1, 0.15) is 11.4 Å². The van der Waals surface area contributed by atoms with Crippen LogP contribution in [0.25, 0.3) is 11.3 Å². The van der Waals surface area contributed by atoms with Gasteiger partial charge in [0.25, 0.3) is 11.6 Å². The first-order valence-corrected chi connectivity index (χ1v) is 9.82. The molecule has 160 valence electrons. The molecule has 9 nitrogen and oxygen atoms in total. The number of carbonyl (C=O) groups excluding carboxylic acids is 1. The van der Waals surface area contributed by atoms with Crippen LogP contribution in [0.4, 0.5) is 5.69 Å². The highest BCUT2D eigenvalue weighted by atomic mass is 16.6. The SMILES string of the molecule is COCCCN1C(=O)c2[nH]nc(-c3ccc(OC)cc3)c2C1c1cccc([N+](=O)[O-])c1. The molecular weight excluding hydrogens is 400 g/mol. The molecule has 9 heteroatoms. The van der Waals surface area contributed by atoms with Crippen molar-refractivity contribution in [2.75, 3.05) is 27.4 Å². The average Bonchev–Trinajstić information content (AvgIpc) is 3.33. The first kappa shape index (κ1) is 20.5. The molecular formula is C22H22N4O5. The third-order valence-corrected chi connectivity index (χ3v) is 5.37. The highest BCUT2D eigenvalue weighted by Gasteiger charge is 2.42. The molecule has 1 atom stereocenters. The lowest BCUT2D eigenvalue weighted by molar-refractivity contribution is -0.384. The second-order valence-corrected chi connectivity index (χ2v) is 7.19. The molecule has 0 spiro atoms. The third kappa shape index (κ3) is 3.75. The van der Waals surface area contributed by atoms with Gasteiger partial charge in [-0.05, 0) is 36.2 Å². The average molecular weight is 422 g/mol. The molecule has 2 heterocycles. The fourth-order valence-electron chi connectivity index (χ4n) is 3.93. The van der Waals surface area contributed by atoms with Crippen molar-refractivity contribution < 1.29 is 19.2 Å². The highest BCUT2D eigenvalue weighted by Crippen LogP contribution is 2.43. The zero-order valence-electron chi connectivity index (χ0n) is 17.2. The van der Waals surface area contributed by atoms with Gasteiger partial charge in [0.15, 0.2) is 0 Å². The Bertz CT molecular complexity index is 1110. The number of hydrogen-bond donors (Lipinski definition) is 1. The molecule has 0 fully saturated rings. The Labute approximate surface area is 178 Å². The van der Waals surface area contributed by atoms with E-state index in [2.05, 4.69) is 10.2 Å². The van der Waals surface area contributed by atoms with Gasteiger partial charge in [0.2, 0.25) is 0 Å². The number of ether oxygens (including phenoxy) is 2. The van der Waals surface area contributed by atoms with Crippen molar-refractivity contribution in [3.8, 4) is 17.0 Å². The second kappa shape index (κ2) is 8.57. The topological polar surface area (TPSA) is 111 Å². The number of fused-ring (bicyclic) bond motifs is 1. The molecule has 1 aromatic heterocycles. The summed E-state index contributed by atoms with van der Waals surface area (Å²) >= 11 is 0. The smallest absolute Gasteiger partial charge is 0.273 e. The van der Waals surface area contributed by atoms with Crippen LogP contribution in [0.15, 0.2) is 48.5 Å². The predicted molar refractivity (Wildman–Crippen MR) is 113 cm³/mol. The Kier molecular flexibility index (Phi) is 5.68. The van der Waals surface area contributed by atoms with Crippen LogP contribution in [0, 0.1) is 10.1 Å². The van der Waals surface area contributed by atoms with Gasteiger partial charge in [-0.25, -0.2) is 0 Å². The number of non-ortho nitro benzene ring substituents is 1. The van der Waals surface area contributed by atoms with Gasteiger partial charge in [-0.2, -0.15) is 5.10 Å². The largest absolute Gasteiger partial charge is 0.497 e. The third-order valence-electron chi connectivity index (χ3n) is 5.37. The molecule has 1 unspecified atom stereocenters. The number of aromatic nitrogens is 2. The number of hydrogen-bond acceptors (Lipinski definition) is 6. The molecule has 0 radical (unpaired) electrons. The number of nitrogens with zero attached hydrogens (tertiary/aromatic N) is 3. The Morgan fingerprint density at radius 3 is 2.65 bits per heavy atom. The van der Waals surface area contributed by atoms with Crippen LogP contribution in [0.5, 0.6) is 5.75 Å². The van der Waals surface area contributed by atoms with Gasteiger partial charge in [-0.3, -0.25) is 20.0 Å². The van der Waals surface area contributed by atoms with E-state index in [1.54, 1.807) is 31.3 Å². The van der Waals surface area contributed by atoms with E-state index in [0.29, 0.717) is 47.8 Å². The molecule has 4 rings (SSSR count). The van der Waals surface area contributed by atoms with Crippen molar-refractivity contribution in [3.05, 3.63) is 75.5 Å². The van der Waals surface area contributed by atoms with Gasteiger partial charge in [-0.1, -0.05) is 12.1 Å². The summed E-state index contributed by atoms with van der Waals surface area (Å²) in [6.07, 6.45) is 0.642. The lowest BCUT2D eigenvalue weighted by atomic mass is 9.95. The van der Waals surface area contributed by atoms with Crippen molar-refractivity contribution in [2.24, 2.45) is 0 Å². The van der Waals surface area contributed by atoms with Crippen LogP contribution in [-0.4, -0.2) is 53.3 Å². The van der Waals surface area contributed by atoms with Crippen LogP contribution in [-0.2, 0) is 4.74 Å². The minimum Gasteiger partial charge on any atom is -0.497 e. The number of aromatic amines is 1. The van der Waals surface area contributed by atoms with E-state index in [0.717, 1.165) is 5.56 Å². The molecule has 0 saturated carbocycles. The summed E-state index contributed by atoms with van der Waals surface area (Å²) in [5.41, 5.74) is 3.21. The molecule has 0 saturated heterocycles. The van der Waals surface area contributed by atoms with Crippen LogP contribution in [0.1, 0.15) is 34.1 Å². The molecule has 1 aliphatic heterocycles. The Morgan fingerprint density at radius 2 is 1.97 bits per heavy atom. The van der Waals surface area contributed by atoms with Crippen molar-refractivity contribution in [1.82, 2.24) is 15.1 Å². The molecule has 1 N–H and O–H groups in total. The monoisotopic (exact) mass is 422 g/mol. The number of amides is 1. The van der Waals surface area contributed by atoms with Gasteiger partial charge in [-0.15, -0.1) is 0 Å². The fourth-order valence-corrected chi connectivity index (χ4v) is 3.93. The first-order chi connectivity index (χ1) is 15.0. The van der Waals surface area contributed by atoms with Crippen molar-refractivity contribution >= 4 is 11.6 Å². The van der Waals surface area contributed by atoms with E-state index in [9.17, 15) is 14.9 Å². The number of nitro benzene ring substituents is 1. The van der Waals surface area contributed by atoms with Crippen molar-refractivity contribution in [1.29, 1.82) is 0 Å². The van der Waals surface area contributed by atoms with E-state index in [4.69, 9.17) is 9.47 Å². The maximum absolute atomic E-state index is 13.2. The lowest BCUT2D eigenvalue weighted by Gasteiger charge is -2.26. The summed E-state index contributed by atoms with van der Waals surface area (Å²) in [7, 11) is 3.20. The maximum Gasteiger partial charge on any atom is 0.273 e. The van der Waals surface area contributed by atoms with Crippen molar-refractivity contribution in [3.63, 3.8) is 0 Å². The van der Waals surface area contributed by atoms with E-state index in [1.807, 2.05) is 24.3 Å². The van der Waals surface area contributed by atoms with E-state index in [-0.39, 0.29) is 11.6 Å². The summed E-state index contributed by atoms with van der Waals surface area (Å²) in [6.45, 7) is 0.952. The van der Waals surface area contributed by atoms with Crippen LogP contribution in [0.3, 0.4) is 0 Å². The zero-order chi connectivity index (χ0) is 22.0. The number of benzene rings is 2. The summed E-state index contributed by atoms with van der Waals surface area (Å²) in [5.74, 6) is 0.526. The van der Waals surface area contributed by atoms with Crippen LogP contribution in [0.2, 0.25) is 0 Å². The molecule has 2 aromatic carbocycles. The van der Waals surface area contributed by atoms with E-state index < -0.39 is 11.0 Å². The van der Waals surface area contributed by atoms with E-state index >= 15 is 0 Å². The lowest BCUT2D eigenvalue weighted by Crippen LogP contribution is -2.31.